The minimum atomic E-state index is -0.0591. The van der Waals surface area contributed by atoms with Gasteiger partial charge in [-0.25, -0.2) is 0 Å². The van der Waals surface area contributed by atoms with Gasteiger partial charge in [0.05, 0.1) is 18.5 Å². The van der Waals surface area contributed by atoms with Crippen molar-refractivity contribution in [3.8, 4) is 5.75 Å². The molecule has 0 spiro atoms. The Bertz CT molecular complexity index is 686. The van der Waals surface area contributed by atoms with Crippen LogP contribution in [0.3, 0.4) is 0 Å². The molecule has 134 valence electrons. The molecule has 6 nitrogen and oxygen atoms in total. The van der Waals surface area contributed by atoms with Crippen LogP contribution in [0.4, 0.5) is 5.69 Å². The second-order valence-electron chi connectivity index (χ2n) is 6.66. The molecule has 3 rings (SSSR count). The molecular weight excluding hydrogens is 316 g/mol. The molecule has 0 saturated carbocycles. The summed E-state index contributed by atoms with van der Waals surface area (Å²) in [5, 5.41) is 7.38. The molecule has 25 heavy (non-hydrogen) atoms. The fourth-order valence-corrected chi connectivity index (χ4v) is 3.03. The van der Waals surface area contributed by atoms with E-state index in [1.807, 2.05) is 56.7 Å². The molecule has 1 fully saturated rings. The molecule has 2 atom stereocenters. The van der Waals surface area contributed by atoms with Crippen LogP contribution in [0.2, 0.25) is 0 Å². The quantitative estimate of drug-likeness (QED) is 0.838. The van der Waals surface area contributed by atoms with E-state index in [2.05, 4.69) is 15.3 Å². The zero-order chi connectivity index (χ0) is 17.6. The maximum absolute atomic E-state index is 12.4. The standard InChI is InChI=1S/C19H26N4O2/c1-15(9-11-25-18-6-4-3-5-7-18)19(24)21-16-8-10-23(13-16)17-12-20-22(2)14-17/h3-7,12,14-16H,8-11,13H2,1-2H3,(H,21,24)/t15-,16+/m0/s1. The number of nitrogens with one attached hydrogen (secondary N) is 1. The van der Waals surface area contributed by atoms with Gasteiger partial charge in [-0.3, -0.25) is 9.48 Å². The zero-order valence-corrected chi connectivity index (χ0v) is 14.9. The van der Waals surface area contributed by atoms with Gasteiger partial charge in [-0.2, -0.15) is 5.10 Å². The van der Waals surface area contributed by atoms with Gasteiger partial charge in [-0.15, -0.1) is 0 Å². The van der Waals surface area contributed by atoms with Gasteiger partial charge in [0.2, 0.25) is 5.91 Å². The summed E-state index contributed by atoms with van der Waals surface area (Å²) in [7, 11) is 1.91. The van der Waals surface area contributed by atoms with E-state index >= 15 is 0 Å². The van der Waals surface area contributed by atoms with Gasteiger partial charge in [0.15, 0.2) is 0 Å². The summed E-state index contributed by atoms with van der Waals surface area (Å²) in [5.41, 5.74) is 1.11. The highest BCUT2D eigenvalue weighted by molar-refractivity contribution is 5.78. The smallest absolute Gasteiger partial charge is 0.223 e. The maximum atomic E-state index is 12.4. The number of amides is 1. The number of para-hydroxylation sites is 1. The van der Waals surface area contributed by atoms with Crippen molar-refractivity contribution in [3.63, 3.8) is 0 Å². The van der Waals surface area contributed by atoms with Gasteiger partial charge in [0.25, 0.3) is 0 Å². The Morgan fingerprint density at radius 3 is 2.92 bits per heavy atom. The van der Waals surface area contributed by atoms with Crippen LogP contribution in [0, 0.1) is 5.92 Å². The molecule has 0 bridgehead atoms. The number of hydrogen-bond donors (Lipinski definition) is 1. The van der Waals surface area contributed by atoms with Crippen molar-refractivity contribution in [3.05, 3.63) is 42.7 Å². The summed E-state index contributed by atoms with van der Waals surface area (Å²) >= 11 is 0. The topological polar surface area (TPSA) is 59.4 Å². The van der Waals surface area contributed by atoms with Gasteiger partial charge in [-0.1, -0.05) is 25.1 Å². The average molecular weight is 342 g/mol. The maximum Gasteiger partial charge on any atom is 0.223 e. The van der Waals surface area contributed by atoms with E-state index in [1.54, 1.807) is 4.68 Å². The molecular formula is C19H26N4O2. The van der Waals surface area contributed by atoms with E-state index in [1.165, 1.54) is 0 Å². The highest BCUT2D eigenvalue weighted by Crippen LogP contribution is 2.19. The number of benzene rings is 1. The molecule has 2 heterocycles. The number of anilines is 1. The first-order chi connectivity index (χ1) is 12.1. The second kappa shape index (κ2) is 8.05. The van der Waals surface area contributed by atoms with Crippen molar-refractivity contribution < 1.29 is 9.53 Å². The lowest BCUT2D eigenvalue weighted by Gasteiger charge is -2.19. The third-order valence-corrected chi connectivity index (χ3v) is 4.60. The molecule has 1 amide bonds. The molecule has 1 saturated heterocycles. The summed E-state index contributed by atoms with van der Waals surface area (Å²) in [6, 6.07) is 9.90. The minimum absolute atomic E-state index is 0.0591. The Labute approximate surface area is 148 Å². The first-order valence-electron chi connectivity index (χ1n) is 8.83. The SMILES string of the molecule is C[C@@H](CCOc1ccccc1)C(=O)N[C@@H]1CCN(c2cnn(C)c2)C1. The van der Waals surface area contributed by atoms with Crippen LogP contribution in [-0.2, 0) is 11.8 Å². The molecule has 0 aliphatic carbocycles. The molecule has 6 heteroatoms. The van der Waals surface area contributed by atoms with E-state index in [-0.39, 0.29) is 17.9 Å². The van der Waals surface area contributed by atoms with E-state index in [0.29, 0.717) is 13.0 Å². The van der Waals surface area contributed by atoms with Crippen molar-refractivity contribution in [2.75, 3.05) is 24.6 Å². The van der Waals surface area contributed by atoms with Gasteiger partial charge >= 0.3 is 0 Å². The molecule has 1 aromatic carbocycles. The van der Waals surface area contributed by atoms with Crippen molar-refractivity contribution in [2.24, 2.45) is 13.0 Å². The van der Waals surface area contributed by atoms with Crippen LogP contribution < -0.4 is 15.0 Å². The molecule has 2 aromatic rings. The normalized spacial score (nSPS) is 18.2. The van der Waals surface area contributed by atoms with E-state index in [4.69, 9.17) is 4.74 Å². The number of hydrogen-bond acceptors (Lipinski definition) is 4. The third kappa shape index (κ3) is 4.75. The predicted molar refractivity (Wildman–Crippen MR) is 97.7 cm³/mol. The number of ether oxygens (including phenoxy) is 1. The molecule has 0 unspecified atom stereocenters. The highest BCUT2D eigenvalue weighted by Gasteiger charge is 2.26. The predicted octanol–water partition coefficient (Wildman–Crippen LogP) is 2.22. The van der Waals surface area contributed by atoms with Crippen molar-refractivity contribution in [1.29, 1.82) is 0 Å². The first kappa shape index (κ1) is 17.3. The average Bonchev–Trinajstić information content (AvgIpc) is 3.24. The molecule has 1 N–H and O–H groups in total. The largest absolute Gasteiger partial charge is 0.494 e. The monoisotopic (exact) mass is 342 g/mol. The summed E-state index contributed by atoms with van der Waals surface area (Å²) in [4.78, 5) is 14.7. The lowest BCUT2D eigenvalue weighted by Crippen LogP contribution is -2.40. The van der Waals surface area contributed by atoms with Gasteiger partial charge in [-0.05, 0) is 25.0 Å². The molecule has 1 aliphatic heterocycles. The summed E-state index contributed by atoms with van der Waals surface area (Å²) in [5.74, 6) is 0.892. The Morgan fingerprint density at radius 2 is 2.20 bits per heavy atom. The van der Waals surface area contributed by atoms with Crippen LogP contribution in [0.15, 0.2) is 42.7 Å². The minimum Gasteiger partial charge on any atom is -0.494 e. The van der Waals surface area contributed by atoms with Crippen LogP contribution >= 0.6 is 0 Å². The first-order valence-corrected chi connectivity index (χ1v) is 8.83. The number of carbonyl (C=O) groups is 1. The van der Waals surface area contributed by atoms with Crippen molar-refractivity contribution in [2.45, 2.75) is 25.8 Å². The van der Waals surface area contributed by atoms with Crippen LogP contribution in [-0.4, -0.2) is 41.4 Å². The summed E-state index contributed by atoms with van der Waals surface area (Å²) < 4.78 is 7.48. The second-order valence-corrected chi connectivity index (χ2v) is 6.66. The van der Waals surface area contributed by atoms with Crippen LogP contribution in [0.25, 0.3) is 0 Å². The summed E-state index contributed by atoms with van der Waals surface area (Å²) in [6.45, 7) is 4.29. The Kier molecular flexibility index (Phi) is 5.58. The number of aryl methyl sites for hydroxylation is 1. The zero-order valence-electron chi connectivity index (χ0n) is 14.9. The van der Waals surface area contributed by atoms with Gasteiger partial charge in [0, 0.05) is 38.3 Å². The Morgan fingerprint density at radius 1 is 1.40 bits per heavy atom. The van der Waals surface area contributed by atoms with E-state index in [9.17, 15) is 4.79 Å². The number of carbonyl (C=O) groups excluding carboxylic acids is 1. The lowest BCUT2D eigenvalue weighted by molar-refractivity contribution is -0.125. The third-order valence-electron chi connectivity index (χ3n) is 4.60. The summed E-state index contributed by atoms with van der Waals surface area (Å²) in [6.07, 6.45) is 5.55. The fraction of sp³-hybridized carbons (Fsp3) is 0.474. The Hall–Kier alpha value is -2.50. The van der Waals surface area contributed by atoms with Crippen LogP contribution in [0.5, 0.6) is 5.75 Å². The van der Waals surface area contributed by atoms with Gasteiger partial charge < -0.3 is 15.0 Å². The van der Waals surface area contributed by atoms with Crippen molar-refractivity contribution in [1.82, 2.24) is 15.1 Å². The van der Waals surface area contributed by atoms with Crippen LogP contribution in [0.1, 0.15) is 19.8 Å². The van der Waals surface area contributed by atoms with Gasteiger partial charge in [0.1, 0.15) is 5.75 Å². The lowest BCUT2D eigenvalue weighted by atomic mass is 10.1. The number of rotatable bonds is 7. The van der Waals surface area contributed by atoms with E-state index in [0.717, 1.165) is 30.9 Å². The molecule has 0 radical (unpaired) electrons. The fourth-order valence-electron chi connectivity index (χ4n) is 3.03. The number of nitrogens with zero attached hydrogens (tertiary/aromatic N) is 3. The molecule has 1 aliphatic rings. The molecule has 1 aromatic heterocycles. The highest BCUT2D eigenvalue weighted by atomic mass is 16.5. The number of aromatic nitrogens is 2. The Balaban J connectivity index is 1.39. The van der Waals surface area contributed by atoms with Crippen molar-refractivity contribution >= 4 is 11.6 Å². The van der Waals surface area contributed by atoms with E-state index < -0.39 is 0 Å².